The average Bonchev–Trinajstić information content (AvgIpc) is 3.05. The number of ether oxygens (including phenoxy) is 1. The number of hydrogen-bond donors (Lipinski definition) is 1. The van der Waals surface area contributed by atoms with Crippen LogP contribution in [0, 0.1) is 13.8 Å². The van der Waals surface area contributed by atoms with Crippen molar-refractivity contribution in [1.82, 2.24) is 19.7 Å². The lowest BCUT2D eigenvalue weighted by Crippen LogP contribution is -2.27. The Bertz CT molecular complexity index is 1080. The molecule has 8 nitrogen and oxygen atoms in total. The second-order valence-corrected chi connectivity index (χ2v) is 7.30. The Morgan fingerprint density at radius 1 is 1.13 bits per heavy atom. The number of aromatic nitrogens is 3. The van der Waals surface area contributed by atoms with E-state index in [1.807, 2.05) is 19.9 Å². The maximum Gasteiger partial charge on any atom is 0.275 e. The molecule has 0 aliphatic rings. The van der Waals surface area contributed by atoms with Gasteiger partial charge in [-0.1, -0.05) is 11.6 Å². The molecule has 0 aliphatic heterocycles. The van der Waals surface area contributed by atoms with Gasteiger partial charge in [-0.3, -0.25) is 9.59 Å². The monoisotopic (exact) mass is 427 g/mol. The number of rotatable bonds is 6. The largest absolute Gasteiger partial charge is 0.484 e. The van der Waals surface area contributed by atoms with Gasteiger partial charge in [-0.25, -0.2) is 9.67 Å². The molecule has 3 rings (SSSR count). The molecule has 0 bridgehead atoms. The van der Waals surface area contributed by atoms with Gasteiger partial charge in [0.25, 0.3) is 11.8 Å². The van der Waals surface area contributed by atoms with E-state index in [9.17, 15) is 9.59 Å². The van der Waals surface area contributed by atoms with Crippen LogP contribution in [0.3, 0.4) is 0 Å². The van der Waals surface area contributed by atoms with E-state index in [2.05, 4.69) is 15.4 Å². The number of likely N-dealkylation sites (N-methyl/N-ethyl adjacent to an activating group) is 1. The molecule has 1 aromatic carbocycles. The van der Waals surface area contributed by atoms with Crippen LogP contribution in [0.5, 0.6) is 5.75 Å². The van der Waals surface area contributed by atoms with Gasteiger partial charge in [-0.05, 0) is 56.3 Å². The number of amides is 2. The van der Waals surface area contributed by atoms with E-state index in [-0.39, 0.29) is 23.2 Å². The zero-order chi connectivity index (χ0) is 21.8. The van der Waals surface area contributed by atoms with Gasteiger partial charge in [0.2, 0.25) is 0 Å². The Kier molecular flexibility index (Phi) is 6.37. The number of nitrogens with zero attached hydrogens (tertiary/aromatic N) is 4. The summed E-state index contributed by atoms with van der Waals surface area (Å²) < 4.78 is 7.08. The molecule has 0 spiro atoms. The van der Waals surface area contributed by atoms with Crippen LogP contribution >= 0.6 is 11.6 Å². The normalized spacial score (nSPS) is 10.6. The predicted octanol–water partition coefficient (Wildman–Crippen LogP) is 3.26. The van der Waals surface area contributed by atoms with Crippen LogP contribution in [0.15, 0.2) is 42.5 Å². The molecule has 156 valence electrons. The smallest absolute Gasteiger partial charge is 0.275 e. The third-order valence-corrected chi connectivity index (χ3v) is 4.55. The van der Waals surface area contributed by atoms with Crippen molar-refractivity contribution in [3.63, 3.8) is 0 Å². The van der Waals surface area contributed by atoms with Gasteiger partial charge < -0.3 is 15.0 Å². The van der Waals surface area contributed by atoms with E-state index < -0.39 is 5.91 Å². The number of carbonyl (C=O) groups is 2. The van der Waals surface area contributed by atoms with Gasteiger partial charge in [0.1, 0.15) is 11.4 Å². The molecule has 9 heteroatoms. The van der Waals surface area contributed by atoms with Gasteiger partial charge >= 0.3 is 0 Å². The SMILES string of the molecule is Cc1cc(C)n(-c2ccc(Cl)c(C(=O)Nc3ccc(OCC(=O)N(C)C)cc3)n2)n1. The van der Waals surface area contributed by atoms with E-state index in [0.29, 0.717) is 17.3 Å². The first-order valence-electron chi connectivity index (χ1n) is 9.19. The number of aryl methyl sites for hydroxylation is 2. The Labute approximate surface area is 179 Å². The highest BCUT2D eigenvalue weighted by Gasteiger charge is 2.16. The Morgan fingerprint density at radius 3 is 2.43 bits per heavy atom. The van der Waals surface area contributed by atoms with Gasteiger partial charge in [0.15, 0.2) is 12.4 Å². The van der Waals surface area contributed by atoms with Crippen LogP contribution in [0.25, 0.3) is 5.82 Å². The topological polar surface area (TPSA) is 89.4 Å². The maximum atomic E-state index is 12.7. The summed E-state index contributed by atoms with van der Waals surface area (Å²) in [5.74, 6) is 0.436. The van der Waals surface area contributed by atoms with Crippen LogP contribution in [0.2, 0.25) is 5.02 Å². The molecule has 2 heterocycles. The summed E-state index contributed by atoms with van der Waals surface area (Å²) in [5, 5.41) is 7.38. The summed E-state index contributed by atoms with van der Waals surface area (Å²) in [5.41, 5.74) is 2.39. The third-order valence-electron chi connectivity index (χ3n) is 4.25. The molecule has 2 amide bonds. The van der Waals surface area contributed by atoms with Gasteiger partial charge in [-0.2, -0.15) is 5.10 Å². The molecule has 0 saturated carbocycles. The Hall–Kier alpha value is -3.39. The van der Waals surface area contributed by atoms with Crippen molar-refractivity contribution in [1.29, 1.82) is 0 Å². The van der Waals surface area contributed by atoms with Crippen LogP contribution in [0.1, 0.15) is 21.9 Å². The minimum absolute atomic E-state index is 0.0582. The standard InChI is InChI=1S/C21H22ClN5O3/c1-13-11-14(2)27(25-13)18-10-9-17(22)20(24-18)21(29)23-15-5-7-16(8-6-15)30-12-19(28)26(3)4/h5-11H,12H2,1-4H3,(H,23,29). The van der Waals surface area contributed by atoms with Crippen LogP contribution in [-0.2, 0) is 4.79 Å². The molecule has 30 heavy (non-hydrogen) atoms. The van der Waals surface area contributed by atoms with E-state index >= 15 is 0 Å². The van der Waals surface area contributed by atoms with Crippen molar-refractivity contribution < 1.29 is 14.3 Å². The minimum atomic E-state index is -0.445. The number of carbonyl (C=O) groups excluding carboxylic acids is 2. The molecular weight excluding hydrogens is 406 g/mol. The third kappa shape index (κ3) is 4.96. The van der Waals surface area contributed by atoms with Crippen LogP contribution in [0.4, 0.5) is 5.69 Å². The number of anilines is 1. The fraction of sp³-hybridized carbons (Fsp3) is 0.238. The predicted molar refractivity (Wildman–Crippen MR) is 114 cm³/mol. The molecule has 0 radical (unpaired) electrons. The first-order chi connectivity index (χ1) is 14.2. The first kappa shape index (κ1) is 21.3. The first-order valence-corrected chi connectivity index (χ1v) is 9.57. The number of nitrogens with one attached hydrogen (secondary N) is 1. The number of halogens is 1. The molecule has 0 atom stereocenters. The zero-order valence-corrected chi connectivity index (χ0v) is 17.9. The van der Waals surface area contributed by atoms with Crippen molar-refractivity contribution in [2.75, 3.05) is 26.0 Å². The van der Waals surface area contributed by atoms with Crippen molar-refractivity contribution in [2.24, 2.45) is 0 Å². The van der Waals surface area contributed by atoms with Crippen LogP contribution < -0.4 is 10.1 Å². The summed E-state index contributed by atoms with van der Waals surface area (Å²) in [6, 6.07) is 11.9. The molecule has 2 aromatic heterocycles. The lowest BCUT2D eigenvalue weighted by Gasteiger charge is -2.12. The van der Waals surface area contributed by atoms with Crippen molar-refractivity contribution in [3.8, 4) is 11.6 Å². The van der Waals surface area contributed by atoms with E-state index in [1.165, 1.54) is 4.90 Å². The highest BCUT2D eigenvalue weighted by molar-refractivity contribution is 6.34. The second-order valence-electron chi connectivity index (χ2n) is 6.89. The van der Waals surface area contributed by atoms with Gasteiger partial charge in [0, 0.05) is 25.5 Å². The van der Waals surface area contributed by atoms with E-state index in [1.54, 1.807) is 55.2 Å². The van der Waals surface area contributed by atoms with E-state index in [4.69, 9.17) is 16.3 Å². The quantitative estimate of drug-likeness (QED) is 0.652. The summed E-state index contributed by atoms with van der Waals surface area (Å²) in [6.07, 6.45) is 0. The molecule has 0 saturated heterocycles. The average molecular weight is 428 g/mol. The molecule has 0 aliphatic carbocycles. The number of benzene rings is 1. The van der Waals surface area contributed by atoms with Crippen LogP contribution in [-0.4, -0.2) is 52.2 Å². The minimum Gasteiger partial charge on any atom is -0.484 e. The Balaban J connectivity index is 1.72. The lowest BCUT2D eigenvalue weighted by atomic mass is 10.2. The van der Waals surface area contributed by atoms with Crippen molar-refractivity contribution >= 4 is 29.1 Å². The maximum absolute atomic E-state index is 12.7. The highest BCUT2D eigenvalue weighted by Crippen LogP contribution is 2.21. The fourth-order valence-corrected chi connectivity index (χ4v) is 2.86. The molecule has 0 fully saturated rings. The fourth-order valence-electron chi connectivity index (χ4n) is 2.67. The molecule has 1 N–H and O–H groups in total. The summed E-state index contributed by atoms with van der Waals surface area (Å²) in [6.45, 7) is 3.74. The Morgan fingerprint density at radius 2 is 1.83 bits per heavy atom. The number of pyridine rings is 1. The van der Waals surface area contributed by atoms with Crippen molar-refractivity contribution in [2.45, 2.75) is 13.8 Å². The van der Waals surface area contributed by atoms with Crippen molar-refractivity contribution in [3.05, 3.63) is 64.6 Å². The highest BCUT2D eigenvalue weighted by atomic mass is 35.5. The summed E-state index contributed by atoms with van der Waals surface area (Å²) in [4.78, 5) is 30.1. The second kappa shape index (κ2) is 8.96. The zero-order valence-electron chi connectivity index (χ0n) is 17.1. The molecule has 3 aromatic rings. The van der Waals surface area contributed by atoms with Gasteiger partial charge in [0.05, 0.1) is 10.7 Å². The van der Waals surface area contributed by atoms with Gasteiger partial charge in [-0.15, -0.1) is 0 Å². The number of hydrogen-bond acceptors (Lipinski definition) is 5. The lowest BCUT2D eigenvalue weighted by molar-refractivity contribution is -0.130. The summed E-state index contributed by atoms with van der Waals surface area (Å²) >= 11 is 6.20. The summed E-state index contributed by atoms with van der Waals surface area (Å²) in [7, 11) is 3.32. The molecule has 0 unspecified atom stereocenters. The molecular formula is C21H22ClN5O3. The van der Waals surface area contributed by atoms with E-state index in [0.717, 1.165) is 11.4 Å².